The van der Waals surface area contributed by atoms with E-state index in [-0.39, 0.29) is 11.6 Å². The first-order chi connectivity index (χ1) is 19.3. The Morgan fingerprint density at radius 2 is 1.38 bits per heavy atom. The zero-order chi connectivity index (χ0) is 28.0. The molecule has 40 heavy (non-hydrogen) atoms. The van der Waals surface area contributed by atoms with E-state index in [1.165, 1.54) is 52.0 Å². The molecular formula is C35H45N3O2. The molecule has 3 aromatic carbocycles. The first-order valence-electron chi connectivity index (χ1n) is 15.0. The van der Waals surface area contributed by atoms with E-state index in [0.29, 0.717) is 5.92 Å². The van der Waals surface area contributed by atoms with Crippen LogP contribution in [0.5, 0.6) is 11.5 Å². The molecule has 0 spiro atoms. The van der Waals surface area contributed by atoms with Gasteiger partial charge in [0.1, 0.15) is 17.1 Å². The van der Waals surface area contributed by atoms with Crippen LogP contribution in [0.2, 0.25) is 0 Å². The highest BCUT2D eigenvalue weighted by Crippen LogP contribution is 2.53. The average Bonchev–Trinajstić information content (AvgIpc) is 3.28. The molecule has 3 heterocycles. The second-order valence-corrected chi connectivity index (χ2v) is 12.5. The molecule has 0 N–H and O–H groups in total. The molecule has 5 heteroatoms. The van der Waals surface area contributed by atoms with Gasteiger partial charge in [-0.1, -0.05) is 30.3 Å². The van der Waals surface area contributed by atoms with Crippen LogP contribution in [0.15, 0.2) is 54.6 Å². The lowest BCUT2D eigenvalue weighted by Crippen LogP contribution is -2.47. The predicted molar refractivity (Wildman–Crippen MR) is 166 cm³/mol. The van der Waals surface area contributed by atoms with E-state index < -0.39 is 0 Å². The number of piperidine rings is 1. The normalized spacial score (nSPS) is 21.3. The number of piperazine rings is 1. The first-order valence-corrected chi connectivity index (χ1v) is 15.0. The lowest BCUT2D eigenvalue weighted by molar-refractivity contribution is 0.0166. The monoisotopic (exact) mass is 539 g/mol. The minimum absolute atomic E-state index is 0.254. The molecule has 2 saturated heterocycles. The van der Waals surface area contributed by atoms with E-state index in [1.807, 2.05) is 0 Å². The van der Waals surface area contributed by atoms with E-state index in [4.69, 9.17) is 9.47 Å². The van der Waals surface area contributed by atoms with E-state index in [9.17, 15) is 0 Å². The van der Waals surface area contributed by atoms with Crippen LogP contribution in [-0.2, 0) is 0 Å². The molecule has 1 atom stereocenters. The van der Waals surface area contributed by atoms with Crippen molar-refractivity contribution in [3.05, 3.63) is 82.4 Å². The van der Waals surface area contributed by atoms with Crippen molar-refractivity contribution < 1.29 is 9.47 Å². The highest BCUT2D eigenvalue weighted by molar-refractivity contribution is 5.71. The van der Waals surface area contributed by atoms with Gasteiger partial charge in [-0.25, -0.2) is 0 Å². The molecular weight excluding hydrogens is 494 g/mol. The third-order valence-electron chi connectivity index (χ3n) is 9.76. The van der Waals surface area contributed by atoms with Crippen LogP contribution < -0.4 is 19.3 Å². The van der Waals surface area contributed by atoms with Crippen molar-refractivity contribution in [2.24, 2.45) is 0 Å². The van der Waals surface area contributed by atoms with E-state index in [1.54, 1.807) is 7.11 Å². The molecule has 212 valence electrons. The fourth-order valence-corrected chi connectivity index (χ4v) is 7.55. The Kier molecular flexibility index (Phi) is 7.20. The summed E-state index contributed by atoms with van der Waals surface area (Å²) in [5.41, 5.74) is 9.45. The van der Waals surface area contributed by atoms with Gasteiger partial charge in [0.05, 0.1) is 13.2 Å². The van der Waals surface area contributed by atoms with Gasteiger partial charge in [0.2, 0.25) is 0 Å². The Labute approximate surface area is 240 Å². The summed E-state index contributed by atoms with van der Waals surface area (Å²) >= 11 is 0. The quantitative estimate of drug-likeness (QED) is 0.347. The van der Waals surface area contributed by atoms with Crippen molar-refractivity contribution in [1.82, 2.24) is 4.90 Å². The number of hydrogen-bond acceptors (Lipinski definition) is 5. The summed E-state index contributed by atoms with van der Waals surface area (Å²) in [6.45, 7) is 17.8. The predicted octanol–water partition coefficient (Wildman–Crippen LogP) is 7.04. The molecule has 3 aliphatic rings. The zero-order valence-electron chi connectivity index (χ0n) is 25.2. The summed E-state index contributed by atoms with van der Waals surface area (Å²) in [4.78, 5) is 7.84. The van der Waals surface area contributed by atoms with Crippen LogP contribution in [-0.4, -0.2) is 56.9 Å². The SMILES string of the molecule is COc1ccc(N2CCN(c3c(C)c(C)c4c(c3C)C(N3CCC(c5ccccc5)CC3)C(C)(C)O4)CC2)cc1. The van der Waals surface area contributed by atoms with Gasteiger partial charge in [-0.3, -0.25) is 4.90 Å². The van der Waals surface area contributed by atoms with Gasteiger partial charge in [-0.05, 0) is 113 Å². The lowest BCUT2D eigenvalue weighted by atomic mass is 9.83. The van der Waals surface area contributed by atoms with Crippen LogP contribution in [0, 0.1) is 20.8 Å². The highest BCUT2D eigenvalue weighted by Gasteiger charge is 2.48. The second kappa shape index (κ2) is 10.7. The van der Waals surface area contributed by atoms with Gasteiger partial charge in [0.25, 0.3) is 0 Å². The maximum Gasteiger partial charge on any atom is 0.128 e. The Hall–Kier alpha value is -3.18. The largest absolute Gasteiger partial charge is 0.497 e. The zero-order valence-corrected chi connectivity index (χ0v) is 25.2. The number of hydrogen-bond donors (Lipinski definition) is 0. The minimum atomic E-state index is -0.254. The van der Waals surface area contributed by atoms with Crippen molar-refractivity contribution in [1.29, 1.82) is 0 Å². The van der Waals surface area contributed by atoms with Gasteiger partial charge in [0, 0.05) is 43.1 Å². The van der Waals surface area contributed by atoms with Crippen molar-refractivity contribution in [3.8, 4) is 11.5 Å². The Balaban J connectivity index is 1.25. The summed E-state index contributed by atoms with van der Waals surface area (Å²) in [7, 11) is 1.72. The molecule has 0 amide bonds. The molecule has 0 aliphatic carbocycles. The number of fused-ring (bicyclic) bond motifs is 1. The third kappa shape index (κ3) is 4.72. The highest BCUT2D eigenvalue weighted by atomic mass is 16.5. The summed E-state index contributed by atoms with van der Waals surface area (Å²) < 4.78 is 12.2. The smallest absolute Gasteiger partial charge is 0.128 e. The van der Waals surface area contributed by atoms with E-state index in [0.717, 1.165) is 50.8 Å². The van der Waals surface area contributed by atoms with Crippen molar-refractivity contribution in [3.63, 3.8) is 0 Å². The van der Waals surface area contributed by atoms with Gasteiger partial charge < -0.3 is 19.3 Å². The number of nitrogens with zero attached hydrogens (tertiary/aromatic N) is 3. The number of likely N-dealkylation sites (tertiary alicyclic amines) is 1. The molecule has 0 aromatic heterocycles. The molecule has 1 unspecified atom stereocenters. The topological polar surface area (TPSA) is 28.2 Å². The van der Waals surface area contributed by atoms with Gasteiger partial charge in [0.15, 0.2) is 0 Å². The maximum absolute atomic E-state index is 6.82. The van der Waals surface area contributed by atoms with Gasteiger partial charge >= 0.3 is 0 Å². The third-order valence-corrected chi connectivity index (χ3v) is 9.76. The number of benzene rings is 3. The molecule has 0 bridgehead atoms. The molecule has 0 radical (unpaired) electrons. The summed E-state index contributed by atoms with van der Waals surface area (Å²) in [6.07, 6.45) is 2.41. The molecule has 5 nitrogen and oxygen atoms in total. The van der Waals surface area contributed by atoms with Crippen molar-refractivity contribution in [2.45, 2.75) is 65.0 Å². The molecule has 0 saturated carbocycles. The average molecular weight is 540 g/mol. The van der Waals surface area contributed by atoms with E-state index >= 15 is 0 Å². The van der Waals surface area contributed by atoms with Gasteiger partial charge in [-0.2, -0.15) is 0 Å². The van der Waals surface area contributed by atoms with Crippen LogP contribution in [0.1, 0.15) is 66.5 Å². The lowest BCUT2D eigenvalue weighted by Gasteiger charge is -2.42. The Morgan fingerprint density at radius 3 is 2.00 bits per heavy atom. The second-order valence-electron chi connectivity index (χ2n) is 12.5. The summed E-state index contributed by atoms with van der Waals surface area (Å²) in [5, 5.41) is 0. The fraction of sp³-hybridized carbons (Fsp3) is 0.486. The molecule has 3 aromatic rings. The maximum atomic E-state index is 6.82. The van der Waals surface area contributed by atoms with Crippen LogP contribution >= 0.6 is 0 Å². The van der Waals surface area contributed by atoms with Crippen LogP contribution in [0.25, 0.3) is 0 Å². The molecule has 2 fully saturated rings. The minimum Gasteiger partial charge on any atom is -0.497 e. The number of anilines is 2. The summed E-state index contributed by atoms with van der Waals surface area (Å²) in [5.74, 6) is 2.70. The number of rotatable bonds is 5. The van der Waals surface area contributed by atoms with Crippen LogP contribution in [0.3, 0.4) is 0 Å². The van der Waals surface area contributed by atoms with Crippen LogP contribution in [0.4, 0.5) is 11.4 Å². The number of methoxy groups -OCH3 is 1. The Bertz CT molecular complexity index is 1340. The van der Waals surface area contributed by atoms with Gasteiger partial charge in [-0.15, -0.1) is 0 Å². The standard InChI is InChI=1S/C35H45N3O2/c1-24-25(2)33-31(26(3)32(24)37-22-20-36(21-23-37)29-12-14-30(39-6)15-13-29)34(35(4,5)40-33)38-18-16-28(17-19-38)27-10-8-7-9-11-27/h7-15,28,34H,16-23H2,1-6H3. The van der Waals surface area contributed by atoms with E-state index in [2.05, 4.69) is 104 Å². The van der Waals surface area contributed by atoms with Crippen molar-refractivity contribution in [2.75, 3.05) is 56.2 Å². The Morgan fingerprint density at radius 1 is 0.750 bits per heavy atom. The van der Waals surface area contributed by atoms with Crippen molar-refractivity contribution >= 4 is 11.4 Å². The first kappa shape index (κ1) is 27.0. The molecule has 6 rings (SSSR count). The summed E-state index contributed by atoms with van der Waals surface area (Å²) in [6, 6.07) is 19.8. The molecule has 3 aliphatic heterocycles. The fourth-order valence-electron chi connectivity index (χ4n) is 7.55. The number of ether oxygens (including phenoxy) is 2.